The van der Waals surface area contributed by atoms with Gasteiger partial charge in [0.15, 0.2) is 0 Å². The van der Waals surface area contributed by atoms with Crippen LogP contribution in [0.5, 0.6) is 0 Å². The Kier molecular flexibility index (Phi) is 1.81. The van der Waals surface area contributed by atoms with E-state index >= 15 is 0 Å². The van der Waals surface area contributed by atoms with Crippen LogP contribution in [0.25, 0.3) is 0 Å². The van der Waals surface area contributed by atoms with Crippen molar-refractivity contribution in [2.24, 2.45) is 0 Å². The fraction of sp³-hybridized carbons (Fsp3) is 0.750. The van der Waals surface area contributed by atoms with Crippen LogP contribution in [-0.4, -0.2) is 31.2 Å². The van der Waals surface area contributed by atoms with Gasteiger partial charge in [-0.1, -0.05) is 0 Å². The lowest BCUT2D eigenvalue weighted by Gasteiger charge is -2.36. The van der Waals surface area contributed by atoms with E-state index < -0.39 is 0 Å². The third-order valence-corrected chi connectivity index (χ3v) is 2.92. The minimum atomic E-state index is -0.249. The Morgan fingerprint density at radius 2 is 2.08 bits per heavy atom. The summed E-state index contributed by atoms with van der Waals surface area (Å²) in [7, 11) is 3.93. The van der Waals surface area contributed by atoms with Crippen LogP contribution in [0, 0.1) is 7.05 Å². The van der Waals surface area contributed by atoms with Gasteiger partial charge in [0.25, 0.3) is 0 Å². The maximum Gasteiger partial charge on any atom is 0.241 e. The molecule has 0 bridgehead atoms. The second kappa shape index (κ2) is 2.71. The van der Waals surface area contributed by atoms with E-state index in [9.17, 15) is 4.79 Å². The topological polar surface area (TPSA) is 45.6 Å². The van der Waals surface area contributed by atoms with Gasteiger partial charge in [-0.15, -0.1) is 0 Å². The molecule has 3 N–H and O–H groups in total. The highest BCUT2D eigenvalue weighted by molar-refractivity contribution is 5.88. The second-order valence-corrected chi connectivity index (χ2v) is 3.69. The van der Waals surface area contributed by atoms with Crippen molar-refractivity contribution in [3.63, 3.8) is 0 Å². The van der Waals surface area contributed by atoms with E-state index in [-0.39, 0.29) is 11.4 Å². The van der Waals surface area contributed by atoms with Crippen molar-refractivity contribution in [1.82, 2.24) is 10.6 Å². The van der Waals surface area contributed by atoms with Crippen molar-refractivity contribution in [2.75, 3.05) is 19.8 Å². The zero-order valence-electron chi connectivity index (χ0n) is 7.15. The first-order valence-corrected chi connectivity index (χ1v) is 4.43. The maximum absolute atomic E-state index is 11.5. The number of likely N-dealkylation sites (tertiary alicyclic amines) is 1. The summed E-state index contributed by atoms with van der Waals surface area (Å²) < 4.78 is 0. The number of piperidine rings is 1. The molecule has 68 valence electrons. The fourth-order valence-electron chi connectivity index (χ4n) is 1.98. The van der Waals surface area contributed by atoms with Crippen LogP contribution >= 0.6 is 0 Å². The zero-order chi connectivity index (χ0) is 8.60. The van der Waals surface area contributed by atoms with Gasteiger partial charge in [0.1, 0.15) is 5.54 Å². The van der Waals surface area contributed by atoms with Gasteiger partial charge >= 0.3 is 0 Å². The molecule has 2 heterocycles. The van der Waals surface area contributed by atoms with E-state index in [4.69, 9.17) is 0 Å². The van der Waals surface area contributed by atoms with Gasteiger partial charge in [-0.25, -0.2) is 0 Å². The predicted molar refractivity (Wildman–Crippen MR) is 44.2 cm³/mol. The molecule has 0 aliphatic carbocycles. The molecular weight excluding hydrogens is 154 g/mol. The molecule has 2 aliphatic heterocycles. The smallest absolute Gasteiger partial charge is 0.241 e. The van der Waals surface area contributed by atoms with Crippen molar-refractivity contribution in [2.45, 2.75) is 18.4 Å². The molecule has 2 rings (SSSR count). The number of amides is 1. The summed E-state index contributed by atoms with van der Waals surface area (Å²) in [6.07, 6.45) is 1.83. The molecule has 0 aromatic rings. The van der Waals surface area contributed by atoms with E-state index in [1.54, 1.807) is 0 Å². The Hall–Kier alpha value is -0.610. The quantitative estimate of drug-likeness (QED) is 0.363. The third kappa shape index (κ3) is 1.11. The van der Waals surface area contributed by atoms with E-state index in [2.05, 4.69) is 17.7 Å². The molecule has 4 nitrogen and oxygen atoms in total. The Labute approximate surface area is 72.3 Å². The number of nitrogens with one attached hydrogen (secondary N) is 3. The highest BCUT2D eigenvalue weighted by Gasteiger charge is 2.44. The fourth-order valence-corrected chi connectivity index (χ4v) is 1.98. The first-order valence-electron chi connectivity index (χ1n) is 4.43. The van der Waals surface area contributed by atoms with Crippen LogP contribution in [0.3, 0.4) is 0 Å². The maximum atomic E-state index is 11.5. The summed E-state index contributed by atoms with van der Waals surface area (Å²) in [6, 6.07) is 0. The van der Waals surface area contributed by atoms with E-state index in [1.807, 2.05) is 0 Å². The van der Waals surface area contributed by atoms with Crippen LogP contribution in [0.1, 0.15) is 12.8 Å². The summed E-state index contributed by atoms with van der Waals surface area (Å²) in [5.74, 6) is 0.176. The van der Waals surface area contributed by atoms with Crippen molar-refractivity contribution in [3.05, 3.63) is 7.05 Å². The normalized spacial score (nSPS) is 41.8. The van der Waals surface area contributed by atoms with Crippen LogP contribution < -0.4 is 15.5 Å². The molecule has 0 aromatic heterocycles. The molecule has 0 unspecified atom stereocenters. The molecule has 0 saturated carbocycles. The lowest BCUT2D eigenvalue weighted by atomic mass is 9.88. The van der Waals surface area contributed by atoms with E-state index in [0.29, 0.717) is 6.67 Å². The average Bonchev–Trinajstić information content (AvgIpc) is 2.41. The van der Waals surface area contributed by atoms with Gasteiger partial charge in [-0.05, 0) is 0 Å². The lowest BCUT2D eigenvalue weighted by Crippen LogP contribution is -3.09. The molecule has 1 spiro atoms. The van der Waals surface area contributed by atoms with Crippen LogP contribution in [-0.2, 0) is 4.79 Å². The largest absolute Gasteiger partial charge is 0.468 e. The summed E-state index contributed by atoms with van der Waals surface area (Å²) in [5.41, 5.74) is -0.249. The second-order valence-electron chi connectivity index (χ2n) is 3.69. The van der Waals surface area contributed by atoms with Crippen LogP contribution in [0.4, 0.5) is 0 Å². The van der Waals surface area contributed by atoms with Gasteiger partial charge in [0.2, 0.25) is 5.91 Å². The zero-order valence-corrected chi connectivity index (χ0v) is 7.15. The number of hydrogen-bond acceptors (Lipinski definition) is 2. The number of quaternary nitrogens is 1. The molecule has 0 atom stereocenters. The molecule has 12 heavy (non-hydrogen) atoms. The molecule has 2 fully saturated rings. The SMILES string of the molecule is [CH2-][NH+]1CCC2(CC1)NCNC2=O. The van der Waals surface area contributed by atoms with E-state index in [1.165, 1.54) is 4.90 Å². The summed E-state index contributed by atoms with van der Waals surface area (Å²) in [6.45, 7) is 2.60. The first-order chi connectivity index (χ1) is 5.73. The van der Waals surface area contributed by atoms with Gasteiger partial charge in [0, 0.05) is 12.8 Å². The van der Waals surface area contributed by atoms with Gasteiger partial charge in [0.05, 0.1) is 19.8 Å². The number of rotatable bonds is 0. The van der Waals surface area contributed by atoms with Crippen molar-refractivity contribution in [1.29, 1.82) is 0 Å². The number of carbonyl (C=O) groups excluding carboxylic acids is 1. The number of hydrogen-bond donors (Lipinski definition) is 3. The average molecular weight is 169 g/mol. The molecular formula is C8H15N3O. The summed E-state index contributed by atoms with van der Waals surface area (Å²) in [5, 5.41) is 6.06. The molecule has 0 aromatic carbocycles. The van der Waals surface area contributed by atoms with Crippen molar-refractivity contribution in [3.8, 4) is 0 Å². The van der Waals surface area contributed by atoms with Crippen molar-refractivity contribution < 1.29 is 9.69 Å². The predicted octanol–water partition coefficient (Wildman–Crippen LogP) is -2.13. The highest BCUT2D eigenvalue weighted by atomic mass is 16.2. The first kappa shape index (κ1) is 8.01. The summed E-state index contributed by atoms with van der Waals surface area (Å²) in [4.78, 5) is 12.7. The monoisotopic (exact) mass is 169 g/mol. The minimum absolute atomic E-state index is 0.176. The Morgan fingerprint density at radius 1 is 1.42 bits per heavy atom. The molecule has 2 saturated heterocycles. The highest BCUT2D eigenvalue weighted by Crippen LogP contribution is 2.19. The van der Waals surface area contributed by atoms with Gasteiger partial charge in [-0.2, -0.15) is 7.05 Å². The molecule has 4 heteroatoms. The number of carbonyl (C=O) groups is 1. The minimum Gasteiger partial charge on any atom is -0.468 e. The summed E-state index contributed by atoms with van der Waals surface area (Å²) >= 11 is 0. The Bertz CT molecular complexity index is 196. The molecule has 0 radical (unpaired) electrons. The van der Waals surface area contributed by atoms with Crippen LogP contribution in [0.2, 0.25) is 0 Å². The molecule has 1 amide bonds. The Balaban J connectivity index is 2.07. The van der Waals surface area contributed by atoms with Gasteiger partial charge in [-0.3, -0.25) is 10.1 Å². The lowest BCUT2D eigenvalue weighted by molar-refractivity contribution is -0.860. The van der Waals surface area contributed by atoms with Crippen LogP contribution in [0.15, 0.2) is 0 Å². The Morgan fingerprint density at radius 3 is 2.58 bits per heavy atom. The molecule has 2 aliphatic rings. The van der Waals surface area contributed by atoms with E-state index in [0.717, 1.165) is 25.9 Å². The third-order valence-electron chi connectivity index (χ3n) is 2.92. The van der Waals surface area contributed by atoms with Crippen molar-refractivity contribution >= 4 is 5.91 Å². The standard InChI is InChI=1S/C8H15N3O/c1-11-4-2-8(3-5-11)7(12)9-6-10-8/h10-11H,1-6H2,(H,9,12). The van der Waals surface area contributed by atoms with Gasteiger partial charge < -0.3 is 10.2 Å².